The molecule has 0 aromatic heterocycles. The number of amides is 1. The lowest BCUT2D eigenvalue weighted by Gasteiger charge is -2.24. The lowest BCUT2D eigenvalue weighted by Crippen LogP contribution is -2.35. The van der Waals surface area contributed by atoms with Gasteiger partial charge in [-0.25, -0.2) is 13.2 Å². The highest BCUT2D eigenvalue weighted by molar-refractivity contribution is 7.92. The molecule has 1 amide bonds. The predicted octanol–water partition coefficient (Wildman–Crippen LogP) is 2.78. The largest absolute Gasteiger partial charge is 0.447 e. The molecule has 0 N–H and O–H groups in total. The van der Waals surface area contributed by atoms with E-state index >= 15 is 0 Å². The smallest absolute Gasteiger partial charge is 0.414 e. The lowest BCUT2D eigenvalue weighted by atomic mass is 10.1. The van der Waals surface area contributed by atoms with E-state index in [1.807, 2.05) is 31.2 Å². The first-order valence-electron chi connectivity index (χ1n) is 8.15. The first-order valence-corrected chi connectivity index (χ1v) is 9.59. The molecule has 2 heterocycles. The molecule has 0 aliphatic carbocycles. The maximum Gasteiger partial charge on any atom is 0.414 e. The molecule has 6 nitrogen and oxygen atoms in total. The summed E-state index contributed by atoms with van der Waals surface area (Å²) in [6, 6.07) is 13.8. The Balaban J connectivity index is 1.68. The monoisotopic (exact) mass is 358 g/mol. The van der Waals surface area contributed by atoms with Gasteiger partial charge in [-0.3, -0.25) is 9.21 Å². The molecule has 2 aliphatic heterocycles. The Kier molecular flexibility index (Phi) is 3.68. The molecule has 2 aromatic rings. The standard InChI is InChI=1S/C18H18N2O4S/c1-13-12-14-4-2-3-5-17(14)20(13)25(22,23)16-8-6-15(7-9-16)19-10-11-24-18(19)21/h2-9,13H,10-12H2,1H3. The average Bonchev–Trinajstić information content (AvgIpc) is 3.17. The van der Waals surface area contributed by atoms with Crippen LogP contribution in [0.4, 0.5) is 16.2 Å². The van der Waals surface area contributed by atoms with Crippen molar-refractivity contribution in [3.63, 3.8) is 0 Å². The maximum absolute atomic E-state index is 13.1. The second-order valence-electron chi connectivity index (χ2n) is 6.24. The van der Waals surface area contributed by atoms with Crippen LogP contribution >= 0.6 is 0 Å². The summed E-state index contributed by atoms with van der Waals surface area (Å²) in [5, 5.41) is 0. The van der Waals surface area contributed by atoms with Gasteiger partial charge in [-0.1, -0.05) is 18.2 Å². The number of para-hydroxylation sites is 1. The quantitative estimate of drug-likeness (QED) is 0.846. The number of sulfonamides is 1. The summed E-state index contributed by atoms with van der Waals surface area (Å²) in [6.45, 7) is 2.73. The lowest BCUT2D eigenvalue weighted by molar-refractivity contribution is 0.181. The van der Waals surface area contributed by atoms with Crippen LogP contribution in [0.25, 0.3) is 0 Å². The zero-order valence-corrected chi connectivity index (χ0v) is 14.6. The third-order valence-electron chi connectivity index (χ3n) is 4.61. The Morgan fingerprint density at radius 2 is 1.80 bits per heavy atom. The van der Waals surface area contributed by atoms with Crippen LogP contribution in [0.2, 0.25) is 0 Å². The number of hydrogen-bond acceptors (Lipinski definition) is 4. The third kappa shape index (κ3) is 2.55. The van der Waals surface area contributed by atoms with Crippen LogP contribution in [0.15, 0.2) is 53.4 Å². The van der Waals surface area contributed by atoms with Gasteiger partial charge in [0.2, 0.25) is 0 Å². The fourth-order valence-electron chi connectivity index (χ4n) is 3.44. The van der Waals surface area contributed by atoms with Crippen molar-refractivity contribution in [1.82, 2.24) is 0 Å². The van der Waals surface area contributed by atoms with Crippen molar-refractivity contribution in [2.45, 2.75) is 24.3 Å². The van der Waals surface area contributed by atoms with E-state index in [-0.39, 0.29) is 10.9 Å². The third-order valence-corrected chi connectivity index (χ3v) is 6.55. The number of cyclic esters (lactones) is 1. The van der Waals surface area contributed by atoms with E-state index in [0.717, 1.165) is 11.3 Å². The molecule has 7 heteroatoms. The number of hydrogen-bond donors (Lipinski definition) is 0. The van der Waals surface area contributed by atoms with Gasteiger partial charge in [-0.15, -0.1) is 0 Å². The summed E-state index contributed by atoms with van der Waals surface area (Å²) in [7, 11) is -3.66. The fourth-order valence-corrected chi connectivity index (χ4v) is 5.14. The first-order chi connectivity index (χ1) is 12.0. The van der Waals surface area contributed by atoms with E-state index in [0.29, 0.717) is 25.3 Å². The molecule has 1 fully saturated rings. The fraction of sp³-hybridized carbons (Fsp3) is 0.278. The number of carbonyl (C=O) groups excluding carboxylic acids is 1. The van der Waals surface area contributed by atoms with Gasteiger partial charge >= 0.3 is 6.09 Å². The normalized spacial score (nSPS) is 19.9. The highest BCUT2D eigenvalue weighted by Crippen LogP contribution is 2.36. The van der Waals surface area contributed by atoms with Gasteiger partial charge in [-0.2, -0.15) is 0 Å². The predicted molar refractivity (Wildman–Crippen MR) is 94.4 cm³/mol. The summed E-state index contributed by atoms with van der Waals surface area (Å²) < 4.78 is 32.7. The van der Waals surface area contributed by atoms with Gasteiger partial charge in [0.25, 0.3) is 10.0 Å². The number of nitrogens with zero attached hydrogens (tertiary/aromatic N) is 2. The van der Waals surface area contributed by atoms with E-state index in [4.69, 9.17) is 4.74 Å². The Hall–Kier alpha value is -2.54. The summed E-state index contributed by atoms with van der Waals surface area (Å²) >= 11 is 0. The van der Waals surface area contributed by atoms with Gasteiger partial charge in [-0.05, 0) is 49.2 Å². The van der Waals surface area contributed by atoms with Gasteiger partial charge in [0.1, 0.15) is 6.61 Å². The highest BCUT2D eigenvalue weighted by Gasteiger charge is 2.36. The van der Waals surface area contributed by atoms with Crippen LogP contribution in [0.5, 0.6) is 0 Å². The number of anilines is 2. The Labute approximate surface area is 146 Å². The minimum atomic E-state index is -3.66. The molecule has 1 saturated heterocycles. The van der Waals surface area contributed by atoms with Crippen molar-refractivity contribution >= 4 is 27.5 Å². The zero-order valence-electron chi connectivity index (χ0n) is 13.8. The Bertz CT molecular complexity index is 924. The molecular weight excluding hydrogens is 340 g/mol. The van der Waals surface area contributed by atoms with E-state index < -0.39 is 16.1 Å². The molecule has 2 aromatic carbocycles. The van der Waals surface area contributed by atoms with Gasteiger partial charge in [0, 0.05) is 11.7 Å². The van der Waals surface area contributed by atoms with Crippen LogP contribution in [0.1, 0.15) is 12.5 Å². The number of rotatable bonds is 3. The topological polar surface area (TPSA) is 66.9 Å². The number of benzene rings is 2. The summed E-state index contributed by atoms with van der Waals surface area (Å²) in [6.07, 6.45) is 0.297. The SMILES string of the molecule is CC1Cc2ccccc2N1S(=O)(=O)c1ccc(N2CCOC2=O)cc1. The molecule has 0 radical (unpaired) electrons. The molecular formula is C18H18N2O4S. The van der Waals surface area contributed by atoms with Crippen LogP contribution < -0.4 is 9.21 Å². The van der Waals surface area contributed by atoms with E-state index in [2.05, 4.69) is 0 Å². The zero-order chi connectivity index (χ0) is 17.6. The van der Waals surface area contributed by atoms with Crippen LogP contribution in [-0.2, 0) is 21.2 Å². The number of ether oxygens (including phenoxy) is 1. The summed E-state index contributed by atoms with van der Waals surface area (Å²) in [5.74, 6) is 0. The first kappa shape index (κ1) is 16.0. The molecule has 2 aliphatic rings. The number of carbonyl (C=O) groups is 1. The van der Waals surface area contributed by atoms with Crippen LogP contribution in [0.3, 0.4) is 0 Å². The summed E-state index contributed by atoms with van der Waals surface area (Å²) in [4.78, 5) is 13.3. The summed E-state index contributed by atoms with van der Waals surface area (Å²) in [5.41, 5.74) is 2.41. The molecule has 25 heavy (non-hydrogen) atoms. The van der Waals surface area contributed by atoms with Crippen molar-refractivity contribution in [3.8, 4) is 0 Å². The Morgan fingerprint density at radius 3 is 2.48 bits per heavy atom. The van der Waals surface area contributed by atoms with Crippen molar-refractivity contribution in [3.05, 3.63) is 54.1 Å². The van der Waals surface area contributed by atoms with Crippen LogP contribution in [0, 0.1) is 0 Å². The van der Waals surface area contributed by atoms with E-state index in [1.165, 1.54) is 9.21 Å². The van der Waals surface area contributed by atoms with Crippen molar-refractivity contribution in [2.75, 3.05) is 22.4 Å². The molecule has 1 atom stereocenters. The van der Waals surface area contributed by atoms with Crippen molar-refractivity contribution in [2.24, 2.45) is 0 Å². The van der Waals surface area contributed by atoms with Gasteiger partial charge < -0.3 is 4.74 Å². The molecule has 0 saturated carbocycles. The number of fused-ring (bicyclic) bond motifs is 1. The van der Waals surface area contributed by atoms with E-state index in [9.17, 15) is 13.2 Å². The molecule has 1 unspecified atom stereocenters. The average molecular weight is 358 g/mol. The second-order valence-corrected chi connectivity index (χ2v) is 8.06. The van der Waals surface area contributed by atoms with Crippen LogP contribution in [-0.4, -0.2) is 33.7 Å². The maximum atomic E-state index is 13.1. The molecule has 130 valence electrons. The molecule has 4 rings (SSSR count). The Morgan fingerprint density at radius 1 is 1.08 bits per heavy atom. The second kappa shape index (κ2) is 5.77. The molecule has 0 spiro atoms. The van der Waals surface area contributed by atoms with E-state index in [1.54, 1.807) is 24.3 Å². The van der Waals surface area contributed by atoms with Gasteiger partial charge in [0.05, 0.1) is 17.1 Å². The molecule has 0 bridgehead atoms. The highest BCUT2D eigenvalue weighted by atomic mass is 32.2. The minimum absolute atomic E-state index is 0.129. The van der Waals surface area contributed by atoms with Crippen molar-refractivity contribution in [1.29, 1.82) is 0 Å². The van der Waals surface area contributed by atoms with Crippen molar-refractivity contribution < 1.29 is 17.9 Å². The minimum Gasteiger partial charge on any atom is -0.447 e. The van der Waals surface area contributed by atoms with Gasteiger partial charge in [0.15, 0.2) is 0 Å².